The lowest BCUT2D eigenvalue weighted by atomic mass is 10.2. The van der Waals surface area contributed by atoms with Crippen molar-refractivity contribution in [3.8, 4) is 11.5 Å². The van der Waals surface area contributed by atoms with Gasteiger partial charge in [0.25, 0.3) is 11.5 Å². The number of rotatable bonds is 3. The van der Waals surface area contributed by atoms with Crippen molar-refractivity contribution in [2.45, 2.75) is 12.6 Å². The van der Waals surface area contributed by atoms with E-state index in [1.807, 2.05) is 18.2 Å². The molecule has 0 saturated heterocycles. The molecule has 1 N–H and O–H groups in total. The summed E-state index contributed by atoms with van der Waals surface area (Å²) in [5.74, 6) is 1.35. The van der Waals surface area contributed by atoms with Gasteiger partial charge in [0.2, 0.25) is 6.10 Å². The van der Waals surface area contributed by atoms with Gasteiger partial charge in [-0.05, 0) is 24.3 Å². The maximum absolute atomic E-state index is 12.7. The van der Waals surface area contributed by atoms with Crippen molar-refractivity contribution in [3.63, 3.8) is 0 Å². The minimum Gasteiger partial charge on any atom is -0.485 e. The van der Waals surface area contributed by atoms with Crippen LogP contribution in [0.4, 0.5) is 0 Å². The molecule has 26 heavy (non-hydrogen) atoms. The van der Waals surface area contributed by atoms with Gasteiger partial charge in [0.05, 0.1) is 17.4 Å². The first-order chi connectivity index (χ1) is 12.6. The first kappa shape index (κ1) is 16.1. The molecule has 0 saturated carbocycles. The molecule has 1 amide bonds. The average molecular weight is 351 g/mol. The molecule has 132 valence electrons. The van der Waals surface area contributed by atoms with Crippen molar-refractivity contribution in [1.29, 1.82) is 0 Å². The van der Waals surface area contributed by atoms with E-state index in [2.05, 4.69) is 9.97 Å². The summed E-state index contributed by atoms with van der Waals surface area (Å²) in [4.78, 5) is 33.4. The summed E-state index contributed by atoms with van der Waals surface area (Å²) in [6.45, 7) is 0.308. The predicted molar refractivity (Wildman–Crippen MR) is 95.2 cm³/mol. The number of aromatic amines is 1. The van der Waals surface area contributed by atoms with E-state index < -0.39 is 6.10 Å². The standard InChI is InChI=1S/C19H17N3O4/c1-22(10-17-20-13-7-3-2-6-12(13)18(23)21-17)19(24)16-11-25-14-8-4-5-9-15(14)26-16/h2-9,16H,10-11H2,1H3,(H,20,21,23). The van der Waals surface area contributed by atoms with Gasteiger partial charge < -0.3 is 19.4 Å². The third kappa shape index (κ3) is 2.99. The van der Waals surface area contributed by atoms with Crippen LogP contribution in [0.15, 0.2) is 53.3 Å². The number of likely N-dealkylation sites (N-methyl/N-ethyl adjacent to an activating group) is 1. The van der Waals surface area contributed by atoms with Crippen molar-refractivity contribution >= 4 is 16.8 Å². The van der Waals surface area contributed by atoms with Gasteiger partial charge in [-0.2, -0.15) is 0 Å². The summed E-state index contributed by atoms with van der Waals surface area (Å²) >= 11 is 0. The lowest BCUT2D eigenvalue weighted by Gasteiger charge is -2.28. The molecule has 0 radical (unpaired) electrons. The second-order valence-electron chi connectivity index (χ2n) is 6.09. The first-order valence-corrected chi connectivity index (χ1v) is 8.23. The molecule has 0 fully saturated rings. The van der Waals surface area contributed by atoms with Crippen LogP contribution < -0.4 is 15.0 Å². The molecule has 1 atom stereocenters. The van der Waals surface area contributed by atoms with Gasteiger partial charge in [0.15, 0.2) is 11.5 Å². The summed E-state index contributed by atoms with van der Waals surface area (Å²) in [6.07, 6.45) is -0.734. The Morgan fingerprint density at radius 3 is 2.77 bits per heavy atom. The van der Waals surface area contributed by atoms with Crippen LogP contribution in [0.3, 0.4) is 0 Å². The highest BCUT2D eigenvalue weighted by molar-refractivity contribution is 5.82. The van der Waals surface area contributed by atoms with E-state index in [9.17, 15) is 9.59 Å². The number of fused-ring (bicyclic) bond motifs is 2. The van der Waals surface area contributed by atoms with Gasteiger partial charge in [-0.25, -0.2) is 4.98 Å². The highest BCUT2D eigenvalue weighted by Crippen LogP contribution is 2.31. The summed E-state index contributed by atoms with van der Waals surface area (Å²) < 4.78 is 11.3. The van der Waals surface area contributed by atoms with E-state index in [-0.39, 0.29) is 24.6 Å². The quantitative estimate of drug-likeness (QED) is 0.777. The third-order valence-electron chi connectivity index (χ3n) is 4.21. The second-order valence-corrected chi connectivity index (χ2v) is 6.09. The first-order valence-electron chi connectivity index (χ1n) is 8.23. The monoisotopic (exact) mass is 351 g/mol. The minimum atomic E-state index is -0.734. The number of hydrogen-bond acceptors (Lipinski definition) is 5. The number of nitrogens with one attached hydrogen (secondary N) is 1. The van der Waals surface area contributed by atoms with Crippen LogP contribution in [0.1, 0.15) is 5.82 Å². The Balaban J connectivity index is 1.51. The number of aromatic nitrogens is 2. The van der Waals surface area contributed by atoms with Crippen LogP contribution in [0, 0.1) is 0 Å². The third-order valence-corrected chi connectivity index (χ3v) is 4.21. The molecule has 1 unspecified atom stereocenters. The zero-order chi connectivity index (χ0) is 18.1. The number of benzene rings is 2. The van der Waals surface area contributed by atoms with Crippen molar-refractivity contribution in [3.05, 3.63) is 64.7 Å². The van der Waals surface area contributed by atoms with E-state index >= 15 is 0 Å². The van der Waals surface area contributed by atoms with Gasteiger partial charge >= 0.3 is 0 Å². The zero-order valence-electron chi connectivity index (χ0n) is 14.1. The fourth-order valence-electron chi connectivity index (χ4n) is 2.90. The number of ether oxygens (including phenoxy) is 2. The number of H-pyrrole nitrogens is 1. The van der Waals surface area contributed by atoms with Gasteiger partial charge in [0, 0.05) is 7.05 Å². The molecule has 2 heterocycles. The van der Waals surface area contributed by atoms with Gasteiger partial charge in [-0.15, -0.1) is 0 Å². The predicted octanol–water partition coefficient (Wildman–Crippen LogP) is 1.72. The lowest BCUT2D eigenvalue weighted by Crippen LogP contribution is -2.44. The van der Waals surface area contributed by atoms with Crippen LogP contribution in [0.5, 0.6) is 11.5 Å². The van der Waals surface area contributed by atoms with E-state index in [0.717, 1.165) is 0 Å². The lowest BCUT2D eigenvalue weighted by molar-refractivity contribution is -0.140. The fraction of sp³-hybridized carbons (Fsp3) is 0.211. The van der Waals surface area contributed by atoms with Crippen molar-refractivity contribution in [2.75, 3.05) is 13.7 Å². The molecule has 0 spiro atoms. The molecule has 3 aromatic rings. The van der Waals surface area contributed by atoms with Crippen LogP contribution in [-0.2, 0) is 11.3 Å². The van der Waals surface area contributed by atoms with E-state index in [1.165, 1.54) is 4.90 Å². The normalized spacial score (nSPS) is 15.7. The molecule has 0 bridgehead atoms. The highest BCUT2D eigenvalue weighted by atomic mass is 16.6. The molecule has 0 aliphatic carbocycles. The molecular weight excluding hydrogens is 334 g/mol. The SMILES string of the molecule is CN(Cc1nc2ccccc2c(=O)[nH]1)C(=O)C1COc2ccccc2O1. The van der Waals surface area contributed by atoms with E-state index in [1.54, 1.807) is 37.4 Å². The molecule has 7 heteroatoms. The Hall–Kier alpha value is -3.35. The highest BCUT2D eigenvalue weighted by Gasteiger charge is 2.29. The fourth-order valence-corrected chi connectivity index (χ4v) is 2.90. The Bertz CT molecular complexity index is 1030. The molecular formula is C19H17N3O4. The number of carbonyl (C=O) groups is 1. The summed E-state index contributed by atoms with van der Waals surface area (Å²) in [5, 5.41) is 0.519. The minimum absolute atomic E-state index is 0.141. The zero-order valence-corrected chi connectivity index (χ0v) is 14.1. The van der Waals surface area contributed by atoms with Gasteiger partial charge in [-0.3, -0.25) is 9.59 Å². The molecule has 2 aromatic carbocycles. The van der Waals surface area contributed by atoms with Gasteiger partial charge in [-0.1, -0.05) is 24.3 Å². The van der Waals surface area contributed by atoms with Crippen LogP contribution in [0.2, 0.25) is 0 Å². The largest absolute Gasteiger partial charge is 0.485 e. The maximum atomic E-state index is 12.7. The number of hydrogen-bond donors (Lipinski definition) is 1. The molecule has 1 aromatic heterocycles. The Labute approximate surface area is 149 Å². The number of carbonyl (C=O) groups excluding carboxylic acids is 1. The topological polar surface area (TPSA) is 84.5 Å². The Morgan fingerprint density at radius 1 is 1.19 bits per heavy atom. The average Bonchev–Trinajstić information content (AvgIpc) is 2.67. The van der Waals surface area contributed by atoms with Crippen molar-refractivity contribution in [1.82, 2.24) is 14.9 Å². The van der Waals surface area contributed by atoms with E-state index in [4.69, 9.17) is 9.47 Å². The molecule has 7 nitrogen and oxygen atoms in total. The number of nitrogens with zero attached hydrogens (tertiary/aromatic N) is 2. The van der Waals surface area contributed by atoms with E-state index in [0.29, 0.717) is 28.2 Å². The molecule has 1 aliphatic rings. The number of amides is 1. The Morgan fingerprint density at radius 2 is 1.92 bits per heavy atom. The van der Waals surface area contributed by atoms with Crippen LogP contribution in [-0.4, -0.2) is 40.5 Å². The van der Waals surface area contributed by atoms with Crippen LogP contribution in [0.25, 0.3) is 10.9 Å². The van der Waals surface area contributed by atoms with Crippen molar-refractivity contribution < 1.29 is 14.3 Å². The summed E-state index contributed by atoms with van der Waals surface area (Å²) in [7, 11) is 1.64. The maximum Gasteiger partial charge on any atom is 0.267 e. The summed E-state index contributed by atoms with van der Waals surface area (Å²) in [5.41, 5.74) is 0.371. The second kappa shape index (κ2) is 6.51. The number of para-hydroxylation sites is 3. The van der Waals surface area contributed by atoms with Crippen molar-refractivity contribution in [2.24, 2.45) is 0 Å². The van der Waals surface area contributed by atoms with Gasteiger partial charge in [0.1, 0.15) is 12.4 Å². The molecule has 1 aliphatic heterocycles. The van der Waals surface area contributed by atoms with Crippen LogP contribution >= 0.6 is 0 Å². The smallest absolute Gasteiger partial charge is 0.267 e. The molecule has 4 rings (SSSR count). The summed E-state index contributed by atoms with van der Waals surface area (Å²) in [6, 6.07) is 14.3. The Kier molecular flexibility index (Phi) is 4.04.